The van der Waals surface area contributed by atoms with Crippen LogP contribution >= 0.6 is 0 Å². The van der Waals surface area contributed by atoms with E-state index in [9.17, 15) is 4.79 Å². The van der Waals surface area contributed by atoms with Gasteiger partial charge in [0.25, 0.3) is 0 Å². The molecule has 7 heteroatoms. The number of methoxy groups -OCH3 is 1. The average molecular weight is 349 g/mol. The molecular formula is C19H19N5O2. The number of carbonyl (C=O) groups excluding carboxylic acids is 1. The molecule has 0 radical (unpaired) electrons. The van der Waals surface area contributed by atoms with Gasteiger partial charge in [-0.05, 0) is 36.2 Å². The maximum Gasteiger partial charge on any atom is 0.339 e. The van der Waals surface area contributed by atoms with Crippen molar-refractivity contribution < 1.29 is 9.53 Å². The largest absolute Gasteiger partial charge is 0.465 e. The number of carbonyl (C=O) groups is 1. The first-order valence-electron chi connectivity index (χ1n) is 8.19. The van der Waals surface area contributed by atoms with Crippen LogP contribution in [0.3, 0.4) is 0 Å². The molecule has 0 aliphatic heterocycles. The summed E-state index contributed by atoms with van der Waals surface area (Å²) in [6.45, 7) is 2.11. The smallest absolute Gasteiger partial charge is 0.339 e. The number of esters is 1. The molecule has 132 valence electrons. The number of aromatic nitrogens is 3. The Hall–Kier alpha value is -3.48. The summed E-state index contributed by atoms with van der Waals surface area (Å²) in [4.78, 5) is 16.2. The average Bonchev–Trinajstić information content (AvgIpc) is 2.69. The first-order chi connectivity index (χ1) is 12.7. The lowest BCUT2D eigenvalue weighted by atomic mass is 10.1. The highest BCUT2D eigenvalue weighted by atomic mass is 16.5. The van der Waals surface area contributed by atoms with Crippen LogP contribution in [-0.2, 0) is 11.2 Å². The molecule has 0 saturated heterocycles. The lowest BCUT2D eigenvalue weighted by molar-refractivity contribution is 0.0602. The Morgan fingerprint density at radius 1 is 1.08 bits per heavy atom. The van der Waals surface area contributed by atoms with Crippen molar-refractivity contribution in [3.63, 3.8) is 0 Å². The third-order valence-corrected chi connectivity index (χ3v) is 3.77. The Morgan fingerprint density at radius 3 is 2.58 bits per heavy atom. The van der Waals surface area contributed by atoms with Crippen LogP contribution in [0.2, 0.25) is 0 Å². The first-order valence-corrected chi connectivity index (χ1v) is 8.19. The van der Waals surface area contributed by atoms with Gasteiger partial charge < -0.3 is 15.4 Å². The molecule has 0 unspecified atom stereocenters. The molecule has 3 aromatic rings. The first kappa shape index (κ1) is 17.3. The fourth-order valence-corrected chi connectivity index (χ4v) is 2.39. The van der Waals surface area contributed by atoms with Gasteiger partial charge in [0.2, 0.25) is 5.95 Å². The lowest BCUT2D eigenvalue weighted by Gasteiger charge is -2.10. The summed E-state index contributed by atoms with van der Waals surface area (Å²) in [7, 11) is 1.34. The zero-order valence-electron chi connectivity index (χ0n) is 14.6. The molecule has 2 aromatic carbocycles. The molecule has 3 rings (SSSR count). The van der Waals surface area contributed by atoms with Crippen LogP contribution in [0, 0.1) is 0 Å². The summed E-state index contributed by atoms with van der Waals surface area (Å²) >= 11 is 0. The van der Waals surface area contributed by atoms with Crippen LogP contribution in [0.1, 0.15) is 22.8 Å². The Balaban J connectivity index is 1.78. The summed E-state index contributed by atoms with van der Waals surface area (Å²) < 4.78 is 4.79. The molecule has 0 aliphatic carbocycles. The van der Waals surface area contributed by atoms with Gasteiger partial charge >= 0.3 is 5.97 Å². The van der Waals surface area contributed by atoms with Gasteiger partial charge in [-0.2, -0.15) is 10.1 Å². The van der Waals surface area contributed by atoms with Crippen LogP contribution < -0.4 is 10.6 Å². The van der Waals surface area contributed by atoms with Crippen molar-refractivity contribution in [2.75, 3.05) is 17.7 Å². The standard InChI is InChI=1S/C19H19N5O2/c1-3-13-8-10-14(11-9-13)21-17-12-20-24-19(23-17)22-16-7-5-4-6-15(16)18(25)26-2/h4-12H,3H2,1-2H3,(H2,21,22,23,24). The number of nitrogens with zero attached hydrogens (tertiary/aromatic N) is 3. The SMILES string of the molecule is CCc1ccc(Nc2cnnc(Nc3ccccc3C(=O)OC)n2)cc1. The van der Waals surface area contributed by atoms with Crippen LogP contribution in [0.4, 0.5) is 23.1 Å². The number of benzene rings is 2. The van der Waals surface area contributed by atoms with Gasteiger partial charge in [0, 0.05) is 5.69 Å². The summed E-state index contributed by atoms with van der Waals surface area (Å²) in [6.07, 6.45) is 2.52. The normalized spacial score (nSPS) is 10.2. The van der Waals surface area contributed by atoms with Crippen LogP contribution in [0.15, 0.2) is 54.7 Å². The van der Waals surface area contributed by atoms with Crippen molar-refractivity contribution in [1.82, 2.24) is 15.2 Å². The predicted molar refractivity (Wildman–Crippen MR) is 100.0 cm³/mol. The lowest BCUT2D eigenvalue weighted by Crippen LogP contribution is -2.08. The quantitative estimate of drug-likeness (QED) is 0.656. The molecule has 0 fully saturated rings. The van der Waals surface area contributed by atoms with Gasteiger partial charge in [-0.3, -0.25) is 0 Å². The second-order valence-electron chi connectivity index (χ2n) is 5.50. The number of anilines is 4. The summed E-state index contributed by atoms with van der Waals surface area (Å²) in [5.41, 5.74) is 3.11. The number of aryl methyl sites for hydroxylation is 1. The maximum atomic E-state index is 11.9. The highest BCUT2D eigenvalue weighted by Gasteiger charge is 2.12. The van der Waals surface area contributed by atoms with E-state index in [4.69, 9.17) is 4.74 Å². The Bertz CT molecular complexity index is 896. The minimum atomic E-state index is -0.439. The summed E-state index contributed by atoms with van der Waals surface area (Å²) in [5, 5.41) is 14.1. The molecule has 0 bridgehead atoms. The van der Waals surface area contributed by atoms with Crippen molar-refractivity contribution in [1.29, 1.82) is 0 Å². The molecular weight excluding hydrogens is 330 g/mol. The monoisotopic (exact) mass is 349 g/mol. The maximum absolute atomic E-state index is 11.9. The van der Waals surface area contributed by atoms with E-state index in [1.54, 1.807) is 24.3 Å². The van der Waals surface area contributed by atoms with Crippen molar-refractivity contribution in [2.45, 2.75) is 13.3 Å². The molecule has 7 nitrogen and oxygen atoms in total. The van der Waals surface area contributed by atoms with E-state index in [0.717, 1.165) is 12.1 Å². The van der Waals surface area contributed by atoms with E-state index in [-0.39, 0.29) is 5.95 Å². The van der Waals surface area contributed by atoms with Gasteiger partial charge in [-0.1, -0.05) is 31.2 Å². The van der Waals surface area contributed by atoms with Gasteiger partial charge in [-0.25, -0.2) is 4.79 Å². The Morgan fingerprint density at radius 2 is 1.85 bits per heavy atom. The predicted octanol–water partition coefficient (Wildman–Crippen LogP) is 3.71. The van der Waals surface area contributed by atoms with Gasteiger partial charge in [0.15, 0.2) is 5.82 Å². The minimum absolute atomic E-state index is 0.275. The number of ether oxygens (including phenoxy) is 1. The topological polar surface area (TPSA) is 89.0 Å². The summed E-state index contributed by atoms with van der Waals surface area (Å²) in [6, 6.07) is 15.1. The molecule has 0 saturated carbocycles. The third-order valence-electron chi connectivity index (χ3n) is 3.77. The second-order valence-corrected chi connectivity index (χ2v) is 5.50. The van der Waals surface area contributed by atoms with E-state index in [1.807, 2.05) is 12.1 Å². The number of hydrogen-bond donors (Lipinski definition) is 2. The molecule has 26 heavy (non-hydrogen) atoms. The molecule has 1 heterocycles. The van der Waals surface area contributed by atoms with E-state index >= 15 is 0 Å². The number of hydrogen-bond acceptors (Lipinski definition) is 7. The minimum Gasteiger partial charge on any atom is -0.465 e. The zero-order chi connectivity index (χ0) is 18.4. The fraction of sp³-hybridized carbons (Fsp3) is 0.158. The highest BCUT2D eigenvalue weighted by molar-refractivity contribution is 5.96. The van der Waals surface area contributed by atoms with Gasteiger partial charge in [-0.15, -0.1) is 5.10 Å². The zero-order valence-corrected chi connectivity index (χ0v) is 14.6. The van der Waals surface area contributed by atoms with E-state index in [0.29, 0.717) is 17.1 Å². The van der Waals surface area contributed by atoms with Crippen LogP contribution in [0.5, 0.6) is 0 Å². The van der Waals surface area contributed by atoms with Gasteiger partial charge in [0.05, 0.1) is 24.6 Å². The van der Waals surface area contributed by atoms with E-state index in [1.165, 1.54) is 18.9 Å². The van der Waals surface area contributed by atoms with Crippen molar-refractivity contribution in [3.05, 3.63) is 65.9 Å². The highest BCUT2D eigenvalue weighted by Crippen LogP contribution is 2.21. The van der Waals surface area contributed by atoms with Crippen molar-refractivity contribution in [3.8, 4) is 0 Å². The molecule has 2 N–H and O–H groups in total. The van der Waals surface area contributed by atoms with Crippen molar-refractivity contribution in [2.24, 2.45) is 0 Å². The van der Waals surface area contributed by atoms with Crippen LogP contribution in [-0.4, -0.2) is 28.3 Å². The molecule has 0 atom stereocenters. The molecule has 0 aliphatic rings. The van der Waals surface area contributed by atoms with Gasteiger partial charge in [0.1, 0.15) is 0 Å². The number of para-hydroxylation sites is 1. The number of nitrogens with one attached hydrogen (secondary N) is 2. The fourth-order valence-electron chi connectivity index (χ4n) is 2.39. The second kappa shape index (κ2) is 8.06. The third kappa shape index (κ3) is 4.13. The molecule has 0 spiro atoms. The Labute approximate surface area is 151 Å². The summed E-state index contributed by atoms with van der Waals surface area (Å²) in [5.74, 6) is 0.380. The van der Waals surface area contributed by atoms with E-state index in [2.05, 4.69) is 44.9 Å². The van der Waals surface area contributed by atoms with Crippen LogP contribution in [0.25, 0.3) is 0 Å². The van der Waals surface area contributed by atoms with E-state index < -0.39 is 5.97 Å². The molecule has 0 amide bonds. The number of rotatable bonds is 6. The molecule has 1 aromatic heterocycles. The Kier molecular flexibility index (Phi) is 5.38. The van der Waals surface area contributed by atoms with Crippen molar-refractivity contribution >= 4 is 29.1 Å².